The number of primary amides is 1. The minimum atomic E-state index is -0.538. The second-order valence-electron chi connectivity index (χ2n) is 4.48. The van der Waals surface area contributed by atoms with E-state index in [4.69, 9.17) is 20.9 Å². The zero-order chi connectivity index (χ0) is 13.0. The van der Waals surface area contributed by atoms with Crippen molar-refractivity contribution in [2.75, 3.05) is 25.6 Å². The molecule has 18 heavy (non-hydrogen) atoms. The van der Waals surface area contributed by atoms with Crippen LogP contribution in [0.5, 0.6) is 5.75 Å². The molecule has 1 fully saturated rings. The molecule has 0 saturated carbocycles. The quantitative estimate of drug-likeness (QED) is 0.785. The molecule has 4 N–H and O–H groups in total. The van der Waals surface area contributed by atoms with E-state index in [1.807, 2.05) is 0 Å². The first-order valence-corrected chi connectivity index (χ1v) is 6.06. The molecule has 1 heterocycles. The Hall–Kier alpha value is -1.75. The second kappa shape index (κ2) is 5.73. The van der Waals surface area contributed by atoms with E-state index >= 15 is 0 Å². The Morgan fingerprint density at radius 3 is 2.78 bits per heavy atom. The van der Waals surface area contributed by atoms with Gasteiger partial charge in [-0.05, 0) is 37.0 Å². The standard InChI is InChI=1S/C13H18N2O3/c14-12-2-1-10(7-11(12)13(15)16)18-8-9-3-5-17-6-4-9/h1-2,7,9H,3-6,8,14H2,(H2,15,16). The summed E-state index contributed by atoms with van der Waals surface area (Å²) in [5, 5.41) is 0. The molecule has 1 aromatic carbocycles. The summed E-state index contributed by atoms with van der Waals surface area (Å²) in [5.41, 5.74) is 11.6. The Morgan fingerprint density at radius 2 is 2.11 bits per heavy atom. The highest BCUT2D eigenvalue weighted by Gasteiger charge is 2.15. The molecule has 1 aliphatic heterocycles. The summed E-state index contributed by atoms with van der Waals surface area (Å²) in [4.78, 5) is 11.2. The fourth-order valence-corrected chi connectivity index (χ4v) is 1.97. The van der Waals surface area contributed by atoms with Gasteiger partial charge in [-0.2, -0.15) is 0 Å². The average molecular weight is 250 g/mol. The smallest absolute Gasteiger partial charge is 0.250 e. The Kier molecular flexibility index (Phi) is 4.04. The zero-order valence-corrected chi connectivity index (χ0v) is 10.2. The number of nitrogen functional groups attached to an aromatic ring is 1. The SMILES string of the molecule is NC(=O)c1cc(OCC2CCOCC2)ccc1N. The van der Waals surface area contributed by atoms with Gasteiger partial charge in [0, 0.05) is 18.9 Å². The van der Waals surface area contributed by atoms with Crippen LogP contribution in [0.25, 0.3) is 0 Å². The third kappa shape index (κ3) is 3.13. The molecule has 5 nitrogen and oxygen atoms in total. The van der Waals surface area contributed by atoms with Gasteiger partial charge in [0.05, 0.1) is 12.2 Å². The highest BCUT2D eigenvalue weighted by Crippen LogP contribution is 2.21. The van der Waals surface area contributed by atoms with Crippen LogP contribution in [0, 0.1) is 5.92 Å². The molecule has 0 aromatic heterocycles. The molecule has 0 spiro atoms. The number of amides is 1. The first-order chi connectivity index (χ1) is 8.66. The Morgan fingerprint density at radius 1 is 1.39 bits per heavy atom. The number of carbonyl (C=O) groups excluding carboxylic acids is 1. The summed E-state index contributed by atoms with van der Waals surface area (Å²) in [5.74, 6) is 0.599. The molecule has 1 aromatic rings. The van der Waals surface area contributed by atoms with E-state index in [2.05, 4.69) is 0 Å². The van der Waals surface area contributed by atoms with E-state index in [1.54, 1.807) is 18.2 Å². The summed E-state index contributed by atoms with van der Waals surface area (Å²) in [6.45, 7) is 2.22. The van der Waals surface area contributed by atoms with Crippen molar-refractivity contribution in [1.82, 2.24) is 0 Å². The number of nitrogens with two attached hydrogens (primary N) is 2. The van der Waals surface area contributed by atoms with Crippen molar-refractivity contribution in [3.05, 3.63) is 23.8 Å². The molecule has 5 heteroatoms. The van der Waals surface area contributed by atoms with Crippen LogP contribution in [0.15, 0.2) is 18.2 Å². The lowest BCUT2D eigenvalue weighted by Crippen LogP contribution is -2.21. The number of benzene rings is 1. The number of hydrogen-bond acceptors (Lipinski definition) is 4. The summed E-state index contributed by atoms with van der Waals surface area (Å²) in [6.07, 6.45) is 2.02. The van der Waals surface area contributed by atoms with Crippen molar-refractivity contribution >= 4 is 11.6 Å². The van der Waals surface area contributed by atoms with Crippen molar-refractivity contribution in [2.45, 2.75) is 12.8 Å². The highest BCUT2D eigenvalue weighted by molar-refractivity contribution is 5.98. The average Bonchev–Trinajstić information content (AvgIpc) is 2.38. The summed E-state index contributed by atoms with van der Waals surface area (Å²) >= 11 is 0. The minimum absolute atomic E-state index is 0.305. The molecular formula is C13H18N2O3. The predicted octanol–water partition coefficient (Wildman–Crippen LogP) is 1.17. The fourth-order valence-electron chi connectivity index (χ4n) is 1.97. The van der Waals surface area contributed by atoms with Crippen molar-refractivity contribution < 1.29 is 14.3 Å². The predicted molar refractivity (Wildman–Crippen MR) is 68.4 cm³/mol. The third-order valence-corrected chi connectivity index (χ3v) is 3.12. The molecule has 0 bridgehead atoms. The second-order valence-corrected chi connectivity index (χ2v) is 4.48. The van der Waals surface area contributed by atoms with Crippen molar-refractivity contribution in [1.29, 1.82) is 0 Å². The van der Waals surface area contributed by atoms with Crippen LogP contribution in [-0.4, -0.2) is 25.7 Å². The normalized spacial score (nSPS) is 16.4. The summed E-state index contributed by atoms with van der Waals surface area (Å²) < 4.78 is 11.0. The van der Waals surface area contributed by atoms with E-state index in [0.29, 0.717) is 29.5 Å². The van der Waals surface area contributed by atoms with E-state index in [-0.39, 0.29) is 0 Å². The maximum atomic E-state index is 11.2. The van der Waals surface area contributed by atoms with Gasteiger partial charge in [0.2, 0.25) is 0 Å². The van der Waals surface area contributed by atoms with Crippen LogP contribution in [0.3, 0.4) is 0 Å². The summed E-state index contributed by atoms with van der Waals surface area (Å²) in [7, 11) is 0. The van der Waals surface area contributed by atoms with Crippen LogP contribution in [-0.2, 0) is 4.74 Å². The first kappa shape index (κ1) is 12.7. The molecule has 2 rings (SSSR count). The monoisotopic (exact) mass is 250 g/mol. The van der Waals surface area contributed by atoms with Crippen molar-refractivity contribution in [3.63, 3.8) is 0 Å². The van der Waals surface area contributed by atoms with Gasteiger partial charge >= 0.3 is 0 Å². The molecule has 1 saturated heterocycles. The van der Waals surface area contributed by atoms with Gasteiger partial charge in [-0.15, -0.1) is 0 Å². The van der Waals surface area contributed by atoms with Gasteiger partial charge in [-0.1, -0.05) is 0 Å². The molecule has 0 unspecified atom stereocenters. The van der Waals surface area contributed by atoms with E-state index in [0.717, 1.165) is 26.1 Å². The molecular weight excluding hydrogens is 232 g/mol. The Bertz CT molecular complexity index is 428. The van der Waals surface area contributed by atoms with Gasteiger partial charge in [0.1, 0.15) is 5.75 Å². The lowest BCUT2D eigenvalue weighted by molar-refractivity contribution is 0.0497. The third-order valence-electron chi connectivity index (χ3n) is 3.12. The zero-order valence-electron chi connectivity index (χ0n) is 10.2. The first-order valence-electron chi connectivity index (χ1n) is 6.06. The van der Waals surface area contributed by atoms with E-state index in [1.165, 1.54) is 0 Å². The highest BCUT2D eigenvalue weighted by atomic mass is 16.5. The van der Waals surface area contributed by atoms with Crippen LogP contribution in [0.2, 0.25) is 0 Å². The number of hydrogen-bond donors (Lipinski definition) is 2. The molecule has 1 aliphatic rings. The number of anilines is 1. The Labute approximate surface area is 106 Å². The maximum absolute atomic E-state index is 11.2. The van der Waals surface area contributed by atoms with Gasteiger partial charge in [-0.25, -0.2) is 0 Å². The molecule has 0 atom stereocenters. The number of rotatable bonds is 4. The molecule has 0 aliphatic carbocycles. The lowest BCUT2D eigenvalue weighted by atomic mass is 10.0. The lowest BCUT2D eigenvalue weighted by Gasteiger charge is -2.22. The Balaban J connectivity index is 1.96. The minimum Gasteiger partial charge on any atom is -0.493 e. The van der Waals surface area contributed by atoms with Crippen molar-refractivity contribution in [3.8, 4) is 5.75 Å². The number of ether oxygens (including phenoxy) is 2. The largest absolute Gasteiger partial charge is 0.493 e. The summed E-state index contributed by atoms with van der Waals surface area (Å²) in [6, 6.07) is 4.98. The van der Waals surface area contributed by atoms with Gasteiger partial charge < -0.3 is 20.9 Å². The maximum Gasteiger partial charge on any atom is 0.250 e. The van der Waals surface area contributed by atoms with Crippen LogP contribution >= 0.6 is 0 Å². The van der Waals surface area contributed by atoms with Crippen LogP contribution in [0.1, 0.15) is 23.2 Å². The van der Waals surface area contributed by atoms with Gasteiger partial charge in [0.15, 0.2) is 0 Å². The van der Waals surface area contributed by atoms with Crippen molar-refractivity contribution in [2.24, 2.45) is 11.7 Å². The van der Waals surface area contributed by atoms with E-state index < -0.39 is 5.91 Å². The molecule has 0 radical (unpaired) electrons. The van der Waals surface area contributed by atoms with Crippen LogP contribution < -0.4 is 16.2 Å². The van der Waals surface area contributed by atoms with Gasteiger partial charge in [-0.3, -0.25) is 4.79 Å². The number of carbonyl (C=O) groups is 1. The van der Waals surface area contributed by atoms with Gasteiger partial charge in [0.25, 0.3) is 5.91 Å². The molecule has 1 amide bonds. The molecule has 98 valence electrons. The fraction of sp³-hybridized carbons (Fsp3) is 0.462. The topological polar surface area (TPSA) is 87.6 Å². The van der Waals surface area contributed by atoms with Crippen LogP contribution in [0.4, 0.5) is 5.69 Å². The van der Waals surface area contributed by atoms with E-state index in [9.17, 15) is 4.79 Å².